The molecule has 2 aliphatic rings. The predicted molar refractivity (Wildman–Crippen MR) is 120 cm³/mol. The number of sulfonamides is 1. The number of nitrogens with zero attached hydrogens (tertiary/aromatic N) is 2. The summed E-state index contributed by atoms with van der Waals surface area (Å²) in [5.74, 6) is 0. The van der Waals surface area contributed by atoms with Gasteiger partial charge in [-0.1, -0.05) is 12.1 Å². The van der Waals surface area contributed by atoms with Gasteiger partial charge < -0.3 is 30.1 Å². The van der Waals surface area contributed by atoms with E-state index in [-0.39, 0.29) is 13.2 Å². The third-order valence-corrected chi connectivity index (χ3v) is 6.88. The van der Waals surface area contributed by atoms with Crippen LogP contribution in [-0.2, 0) is 19.5 Å². The molecular formula is C21H30N4O7S. The van der Waals surface area contributed by atoms with Gasteiger partial charge in [-0.3, -0.25) is 4.90 Å². The Balaban J connectivity index is 1.54. The van der Waals surface area contributed by atoms with Crippen molar-refractivity contribution in [3.05, 3.63) is 34.7 Å². The van der Waals surface area contributed by atoms with Gasteiger partial charge in [-0.15, -0.1) is 0 Å². The molecular weight excluding hydrogens is 452 g/mol. The Hall–Kier alpha value is -2.08. The average molecular weight is 483 g/mol. The number of morpholine rings is 1. The first kappa shape index (κ1) is 25.5. The first-order valence-electron chi connectivity index (χ1n) is 10.7. The largest absolute Gasteiger partial charge is 0.388 e. The summed E-state index contributed by atoms with van der Waals surface area (Å²) >= 11 is 0. The second kappa shape index (κ2) is 11.9. The number of hydrogen-bond acceptors (Lipinski definition) is 10. The van der Waals surface area contributed by atoms with E-state index in [1.54, 1.807) is 30.3 Å². The molecule has 0 aromatic heterocycles. The van der Waals surface area contributed by atoms with Gasteiger partial charge in [0.05, 0.1) is 25.9 Å². The molecule has 0 saturated carbocycles. The fraction of sp³-hybridized carbons (Fsp3) is 0.571. The zero-order chi connectivity index (χ0) is 23.8. The summed E-state index contributed by atoms with van der Waals surface area (Å²) in [6.45, 7) is 4.38. The monoisotopic (exact) mass is 482 g/mol. The van der Waals surface area contributed by atoms with Crippen molar-refractivity contribution in [2.45, 2.75) is 24.4 Å². The molecule has 1 aromatic carbocycles. The van der Waals surface area contributed by atoms with Crippen LogP contribution in [0.1, 0.15) is 5.56 Å². The van der Waals surface area contributed by atoms with Crippen LogP contribution in [-0.4, -0.2) is 106 Å². The lowest BCUT2D eigenvalue weighted by Crippen LogP contribution is -2.56. The Kier molecular flexibility index (Phi) is 9.19. The summed E-state index contributed by atoms with van der Waals surface area (Å²) < 4.78 is 37.8. The van der Waals surface area contributed by atoms with Gasteiger partial charge in [-0.05, 0) is 23.8 Å². The molecule has 12 heteroatoms. The molecule has 0 radical (unpaired) electrons. The Bertz CT molecular complexity index is 942. The number of hydrogen-bond donors (Lipinski definition) is 5. The summed E-state index contributed by atoms with van der Waals surface area (Å²) in [7, 11) is -4.18. The zero-order valence-electron chi connectivity index (χ0n) is 18.1. The lowest BCUT2D eigenvalue weighted by atomic mass is 10.0. The van der Waals surface area contributed by atoms with Crippen LogP contribution in [0.2, 0.25) is 0 Å². The molecule has 3 rings (SSSR count). The highest BCUT2D eigenvalue weighted by atomic mass is 32.2. The third kappa shape index (κ3) is 7.20. The normalized spacial score (nSPS) is 27.2. The average Bonchev–Trinajstić information content (AvgIpc) is 2.82. The number of aliphatic hydroxyl groups is 3. The van der Waals surface area contributed by atoms with Crippen LogP contribution >= 0.6 is 0 Å². The highest BCUT2D eigenvalue weighted by molar-refractivity contribution is 7.93. The van der Waals surface area contributed by atoms with Crippen molar-refractivity contribution in [2.75, 3.05) is 57.9 Å². The van der Waals surface area contributed by atoms with Crippen molar-refractivity contribution in [2.24, 2.45) is 0 Å². The fourth-order valence-corrected chi connectivity index (χ4v) is 4.47. The summed E-state index contributed by atoms with van der Waals surface area (Å²) in [6.07, 6.45) is -3.97. The quantitative estimate of drug-likeness (QED) is 0.267. The molecule has 0 aliphatic carbocycles. The summed E-state index contributed by atoms with van der Waals surface area (Å²) in [6, 6.07) is 8.69. The molecule has 1 aromatic rings. The highest BCUT2D eigenvalue weighted by Crippen LogP contribution is 2.17. The minimum atomic E-state index is -4.18. The van der Waals surface area contributed by atoms with E-state index >= 15 is 0 Å². The Morgan fingerprint density at radius 2 is 1.88 bits per heavy atom. The molecule has 0 spiro atoms. The smallest absolute Gasteiger partial charge is 0.250 e. The number of allylic oxidation sites excluding steroid dienone is 1. The molecule has 4 atom stereocenters. The highest BCUT2D eigenvalue weighted by Gasteiger charge is 2.38. The third-order valence-electron chi connectivity index (χ3n) is 5.55. The number of aliphatic hydroxyl groups excluding tert-OH is 3. The minimum absolute atomic E-state index is 0.238. The van der Waals surface area contributed by atoms with Crippen LogP contribution in [0.3, 0.4) is 0 Å². The summed E-state index contributed by atoms with van der Waals surface area (Å²) in [5.41, 5.74) is 1.41. The van der Waals surface area contributed by atoms with E-state index in [0.717, 1.165) is 45.1 Å². The van der Waals surface area contributed by atoms with Gasteiger partial charge >= 0.3 is 0 Å². The second-order valence-electron chi connectivity index (χ2n) is 7.90. The van der Waals surface area contributed by atoms with Gasteiger partial charge in [-0.2, -0.15) is 5.26 Å². The SMILES string of the molecule is N#CC(=Cc1ccc(NCCN2CCOCC2)cc1)S(=O)(=O)NCC1OCC(O)C(O)C1O. The van der Waals surface area contributed by atoms with Crippen molar-refractivity contribution in [1.29, 1.82) is 5.26 Å². The van der Waals surface area contributed by atoms with Gasteiger partial charge in [0.25, 0.3) is 10.0 Å². The van der Waals surface area contributed by atoms with Crippen LogP contribution in [0, 0.1) is 11.3 Å². The Morgan fingerprint density at radius 1 is 1.18 bits per heavy atom. The van der Waals surface area contributed by atoms with Crippen LogP contribution in [0.25, 0.3) is 6.08 Å². The lowest BCUT2D eigenvalue weighted by Gasteiger charge is -2.35. The maximum atomic E-state index is 12.5. The van der Waals surface area contributed by atoms with E-state index in [9.17, 15) is 29.0 Å². The van der Waals surface area contributed by atoms with Crippen LogP contribution in [0.15, 0.2) is 29.2 Å². The van der Waals surface area contributed by atoms with Gasteiger partial charge in [-0.25, -0.2) is 13.1 Å². The zero-order valence-corrected chi connectivity index (χ0v) is 18.9. The number of benzene rings is 1. The number of nitriles is 1. The van der Waals surface area contributed by atoms with E-state index in [4.69, 9.17) is 9.47 Å². The molecule has 2 heterocycles. The van der Waals surface area contributed by atoms with E-state index in [0.29, 0.717) is 5.56 Å². The van der Waals surface area contributed by atoms with Crippen molar-refractivity contribution in [1.82, 2.24) is 9.62 Å². The molecule has 0 amide bonds. The molecule has 2 saturated heterocycles. The van der Waals surface area contributed by atoms with Gasteiger partial charge in [0, 0.05) is 38.4 Å². The second-order valence-corrected chi connectivity index (χ2v) is 9.63. The standard InChI is InChI=1S/C21H30N4O7S/c22-12-17(33(29,30)24-13-19-21(28)20(27)18(26)14-32-19)11-15-1-3-16(4-2-15)23-5-6-25-7-9-31-10-8-25/h1-4,11,18-21,23-24,26-28H,5-10,13-14H2. The van der Waals surface area contributed by atoms with Gasteiger partial charge in [0.1, 0.15) is 24.4 Å². The fourth-order valence-electron chi connectivity index (χ4n) is 3.52. The van der Waals surface area contributed by atoms with Crippen LogP contribution in [0.4, 0.5) is 5.69 Å². The Morgan fingerprint density at radius 3 is 2.55 bits per heavy atom. The summed E-state index contributed by atoms with van der Waals surface area (Å²) in [4.78, 5) is 1.81. The van der Waals surface area contributed by atoms with E-state index in [1.807, 2.05) is 0 Å². The minimum Gasteiger partial charge on any atom is -0.388 e. The predicted octanol–water partition coefficient (Wildman–Crippen LogP) is -1.30. The van der Waals surface area contributed by atoms with E-state index in [1.165, 1.54) is 6.08 Å². The molecule has 4 unspecified atom stereocenters. The van der Waals surface area contributed by atoms with Gasteiger partial charge in [0.15, 0.2) is 4.91 Å². The maximum Gasteiger partial charge on any atom is 0.250 e. The van der Waals surface area contributed by atoms with Crippen LogP contribution < -0.4 is 10.0 Å². The number of rotatable bonds is 9. The molecule has 2 aliphatic heterocycles. The topological polar surface area (TPSA) is 164 Å². The first-order valence-corrected chi connectivity index (χ1v) is 12.2. The van der Waals surface area contributed by atoms with Crippen LogP contribution in [0.5, 0.6) is 0 Å². The van der Waals surface area contributed by atoms with Crippen molar-refractivity contribution in [3.8, 4) is 6.07 Å². The lowest BCUT2D eigenvalue weighted by molar-refractivity contribution is -0.184. The Labute approximate surface area is 193 Å². The maximum absolute atomic E-state index is 12.5. The molecule has 5 N–H and O–H groups in total. The molecule has 33 heavy (non-hydrogen) atoms. The van der Waals surface area contributed by atoms with E-state index < -0.39 is 39.3 Å². The number of nitrogens with one attached hydrogen (secondary N) is 2. The summed E-state index contributed by atoms with van der Waals surface area (Å²) in [5, 5.41) is 41.8. The van der Waals surface area contributed by atoms with Gasteiger partial charge in [0.2, 0.25) is 0 Å². The molecule has 0 bridgehead atoms. The number of anilines is 1. The molecule has 182 valence electrons. The number of ether oxygens (including phenoxy) is 2. The van der Waals surface area contributed by atoms with Crippen molar-refractivity contribution < 1.29 is 33.2 Å². The van der Waals surface area contributed by atoms with E-state index in [2.05, 4.69) is 14.9 Å². The molecule has 11 nitrogen and oxygen atoms in total. The van der Waals surface area contributed by atoms with Crippen molar-refractivity contribution in [3.63, 3.8) is 0 Å². The first-order chi connectivity index (χ1) is 15.8. The van der Waals surface area contributed by atoms with Crippen molar-refractivity contribution >= 4 is 21.8 Å². The molecule has 2 fully saturated rings.